The van der Waals surface area contributed by atoms with Gasteiger partial charge in [-0.1, -0.05) is 51.8 Å². The largest absolute Gasteiger partial charge is 0.326 e. The number of nitrogens with one attached hydrogen (secondary N) is 2. The first kappa shape index (κ1) is 25.0. The molecule has 0 saturated carbocycles. The lowest BCUT2D eigenvalue weighted by Gasteiger charge is -2.43. The number of carbonyl (C=O) groups excluding carboxylic acids is 2. The molecule has 0 aliphatic carbocycles. The number of benzene rings is 1. The van der Waals surface area contributed by atoms with E-state index in [1.54, 1.807) is 12.1 Å². The molecule has 1 fully saturated rings. The summed E-state index contributed by atoms with van der Waals surface area (Å²) >= 11 is 0. The van der Waals surface area contributed by atoms with Gasteiger partial charge >= 0.3 is 6.03 Å². The average Bonchev–Trinajstić information content (AvgIpc) is 2.86. The predicted octanol–water partition coefficient (Wildman–Crippen LogP) is 4.37. The quantitative estimate of drug-likeness (QED) is 0.591. The van der Waals surface area contributed by atoms with Crippen molar-refractivity contribution in [3.05, 3.63) is 64.1 Å². The van der Waals surface area contributed by atoms with Crippen LogP contribution in [0, 0.1) is 11.8 Å². The third-order valence-electron chi connectivity index (χ3n) is 7.58. The summed E-state index contributed by atoms with van der Waals surface area (Å²) in [7, 11) is 0. The molecule has 35 heavy (non-hydrogen) atoms. The number of aryl methyl sites for hydroxylation is 1. The molecule has 2 aliphatic rings. The van der Waals surface area contributed by atoms with Gasteiger partial charge in [0, 0.05) is 43.0 Å². The first-order chi connectivity index (χ1) is 16.9. The lowest BCUT2D eigenvalue weighted by atomic mass is 9.83. The lowest BCUT2D eigenvalue weighted by Crippen LogP contribution is -2.56. The van der Waals surface area contributed by atoms with Crippen molar-refractivity contribution in [2.24, 2.45) is 11.8 Å². The van der Waals surface area contributed by atoms with Crippen LogP contribution in [0.15, 0.2) is 47.3 Å². The fourth-order valence-corrected chi connectivity index (χ4v) is 5.34. The Hall–Kier alpha value is -3.09. The van der Waals surface area contributed by atoms with E-state index in [9.17, 15) is 14.4 Å². The molecular weight excluding hydrogens is 440 g/mol. The molecule has 4 rings (SSSR count). The average molecular weight is 479 g/mol. The molecule has 0 radical (unpaired) electrons. The molecule has 188 valence electrons. The van der Waals surface area contributed by atoms with Crippen LogP contribution in [-0.2, 0) is 17.8 Å². The van der Waals surface area contributed by atoms with Crippen molar-refractivity contribution < 1.29 is 9.59 Å². The molecule has 1 aromatic carbocycles. The number of hydrogen-bond acceptors (Lipinski definition) is 3. The SMILES string of the molecule is CCCCc1ccc(NC(=O)[C@@H](NC(=O)N2C[C@H]3C[C@@H](C2)c2cccc(=O)n2C3)[C@H](C)CC)cc1. The van der Waals surface area contributed by atoms with Crippen LogP contribution in [0.2, 0.25) is 0 Å². The summed E-state index contributed by atoms with van der Waals surface area (Å²) in [4.78, 5) is 40.6. The summed E-state index contributed by atoms with van der Waals surface area (Å²) in [6, 6.07) is 12.5. The van der Waals surface area contributed by atoms with Crippen LogP contribution in [-0.4, -0.2) is 40.5 Å². The van der Waals surface area contributed by atoms with Crippen LogP contribution < -0.4 is 16.2 Å². The smallest absolute Gasteiger partial charge is 0.318 e. The molecule has 3 heterocycles. The Morgan fingerprint density at radius 2 is 1.83 bits per heavy atom. The minimum absolute atomic E-state index is 0.00799. The van der Waals surface area contributed by atoms with Gasteiger partial charge in [-0.25, -0.2) is 4.79 Å². The lowest BCUT2D eigenvalue weighted by molar-refractivity contribution is -0.119. The molecule has 7 heteroatoms. The van der Waals surface area contributed by atoms with Gasteiger partial charge in [-0.15, -0.1) is 0 Å². The van der Waals surface area contributed by atoms with Gasteiger partial charge in [0.2, 0.25) is 5.91 Å². The van der Waals surface area contributed by atoms with Crippen LogP contribution in [0.25, 0.3) is 0 Å². The molecule has 4 atom stereocenters. The number of unbranched alkanes of at least 4 members (excludes halogenated alkanes) is 1. The number of hydrogen-bond donors (Lipinski definition) is 2. The number of piperidine rings is 1. The zero-order chi connectivity index (χ0) is 24.9. The third kappa shape index (κ3) is 5.77. The first-order valence-electron chi connectivity index (χ1n) is 13.0. The Morgan fingerprint density at radius 3 is 2.54 bits per heavy atom. The summed E-state index contributed by atoms with van der Waals surface area (Å²) in [5, 5.41) is 6.03. The molecule has 2 aromatic rings. The Morgan fingerprint density at radius 1 is 1.06 bits per heavy atom. The van der Waals surface area contributed by atoms with Crippen molar-refractivity contribution in [1.82, 2.24) is 14.8 Å². The van der Waals surface area contributed by atoms with Crippen molar-refractivity contribution in [2.75, 3.05) is 18.4 Å². The van der Waals surface area contributed by atoms with Gasteiger partial charge < -0.3 is 20.1 Å². The van der Waals surface area contributed by atoms with E-state index < -0.39 is 6.04 Å². The predicted molar refractivity (Wildman–Crippen MR) is 139 cm³/mol. The van der Waals surface area contributed by atoms with E-state index in [4.69, 9.17) is 0 Å². The maximum atomic E-state index is 13.3. The summed E-state index contributed by atoms with van der Waals surface area (Å²) in [6.45, 7) is 7.98. The van der Waals surface area contributed by atoms with Crippen molar-refractivity contribution in [3.8, 4) is 0 Å². The molecule has 3 amide bonds. The summed E-state index contributed by atoms with van der Waals surface area (Å²) in [5.41, 5.74) is 3.04. The number of fused-ring (bicyclic) bond motifs is 4. The Kier molecular flexibility index (Phi) is 7.93. The number of pyridine rings is 1. The second kappa shape index (κ2) is 11.1. The Balaban J connectivity index is 1.42. The molecule has 1 saturated heterocycles. The van der Waals surface area contributed by atoms with Crippen LogP contribution in [0.5, 0.6) is 0 Å². The van der Waals surface area contributed by atoms with Gasteiger partial charge in [-0.3, -0.25) is 9.59 Å². The van der Waals surface area contributed by atoms with Crippen molar-refractivity contribution >= 4 is 17.6 Å². The monoisotopic (exact) mass is 478 g/mol. The number of amides is 3. The number of nitrogens with zero attached hydrogens (tertiary/aromatic N) is 2. The van der Waals surface area contributed by atoms with Gasteiger partial charge in [0.15, 0.2) is 0 Å². The highest BCUT2D eigenvalue weighted by atomic mass is 16.2. The summed E-state index contributed by atoms with van der Waals surface area (Å²) in [5.74, 6) is 0.188. The molecule has 7 nitrogen and oxygen atoms in total. The van der Waals surface area contributed by atoms with E-state index in [1.807, 2.05) is 41.5 Å². The second-order valence-corrected chi connectivity index (χ2v) is 10.2. The normalized spacial score (nSPS) is 20.5. The first-order valence-corrected chi connectivity index (χ1v) is 13.0. The zero-order valence-corrected chi connectivity index (χ0v) is 21.1. The third-order valence-corrected chi connectivity index (χ3v) is 7.58. The summed E-state index contributed by atoms with van der Waals surface area (Å²) < 4.78 is 1.86. The van der Waals surface area contributed by atoms with Gasteiger partial charge in [-0.2, -0.15) is 0 Å². The standard InChI is InChI=1S/C28H38N4O3/c1-4-6-8-20-11-13-23(14-12-20)29-27(34)26(19(3)5-2)30-28(35)31-16-21-15-22(18-31)24-9-7-10-25(33)32(24)17-21/h7,9-14,19,21-22,26H,4-6,8,15-18H2,1-3H3,(H,29,34)(H,30,35)/t19-,21-,22+,26+/m1/s1. The second-order valence-electron chi connectivity index (χ2n) is 10.2. The van der Waals surface area contributed by atoms with E-state index in [2.05, 4.69) is 29.7 Å². The van der Waals surface area contributed by atoms with Crippen LogP contribution >= 0.6 is 0 Å². The maximum absolute atomic E-state index is 13.3. The molecule has 0 spiro atoms. The highest BCUT2D eigenvalue weighted by Crippen LogP contribution is 2.35. The fourth-order valence-electron chi connectivity index (χ4n) is 5.34. The number of urea groups is 1. The van der Waals surface area contributed by atoms with E-state index >= 15 is 0 Å². The van der Waals surface area contributed by atoms with Gasteiger partial charge in [-0.05, 0) is 54.9 Å². The molecule has 2 aliphatic heterocycles. The number of likely N-dealkylation sites (tertiary alicyclic amines) is 1. The van der Waals surface area contributed by atoms with Crippen molar-refractivity contribution in [2.45, 2.75) is 71.4 Å². The zero-order valence-electron chi connectivity index (χ0n) is 21.1. The van der Waals surface area contributed by atoms with E-state index in [0.29, 0.717) is 19.6 Å². The van der Waals surface area contributed by atoms with Gasteiger partial charge in [0.25, 0.3) is 5.56 Å². The maximum Gasteiger partial charge on any atom is 0.318 e. The highest BCUT2D eigenvalue weighted by molar-refractivity contribution is 5.97. The highest BCUT2D eigenvalue weighted by Gasteiger charge is 2.37. The number of carbonyl (C=O) groups is 2. The number of aromatic nitrogens is 1. The minimum Gasteiger partial charge on any atom is -0.326 e. The van der Waals surface area contributed by atoms with Crippen LogP contribution in [0.4, 0.5) is 10.5 Å². The molecular formula is C28H38N4O3. The van der Waals surface area contributed by atoms with E-state index in [-0.39, 0.29) is 35.3 Å². The molecule has 0 unspecified atom stereocenters. The van der Waals surface area contributed by atoms with Crippen LogP contribution in [0.3, 0.4) is 0 Å². The summed E-state index contributed by atoms with van der Waals surface area (Å²) in [6.07, 6.45) is 5.09. The Bertz CT molecular complexity index is 1090. The topological polar surface area (TPSA) is 83.4 Å². The molecule has 1 aromatic heterocycles. The van der Waals surface area contributed by atoms with E-state index in [0.717, 1.165) is 43.5 Å². The minimum atomic E-state index is -0.621. The number of rotatable bonds is 8. The molecule has 2 N–H and O–H groups in total. The van der Waals surface area contributed by atoms with Crippen molar-refractivity contribution in [3.63, 3.8) is 0 Å². The van der Waals surface area contributed by atoms with Gasteiger partial charge in [0.1, 0.15) is 6.04 Å². The fraction of sp³-hybridized carbons (Fsp3) is 0.536. The number of anilines is 1. The van der Waals surface area contributed by atoms with Crippen molar-refractivity contribution in [1.29, 1.82) is 0 Å². The van der Waals surface area contributed by atoms with E-state index in [1.165, 1.54) is 5.56 Å². The Labute approximate surface area is 207 Å². The van der Waals surface area contributed by atoms with Gasteiger partial charge in [0.05, 0.1) is 0 Å². The molecule has 2 bridgehead atoms. The van der Waals surface area contributed by atoms with Crippen LogP contribution in [0.1, 0.15) is 63.6 Å².